The molecular formula is C16H21NO3. The highest BCUT2D eigenvalue weighted by Gasteiger charge is 2.09. The normalized spacial score (nSPS) is 12.2. The van der Waals surface area contributed by atoms with Crippen LogP contribution in [0, 0.1) is 6.92 Å². The first kappa shape index (κ1) is 14.5. The number of hydrogen-bond donors (Lipinski definition) is 1. The highest BCUT2D eigenvalue weighted by molar-refractivity contribution is 5.38. The zero-order chi connectivity index (χ0) is 14.5. The molecule has 0 radical (unpaired) electrons. The first-order valence-corrected chi connectivity index (χ1v) is 6.64. The van der Waals surface area contributed by atoms with E-state index >= 15 is 0 Å². The molecule has 0 aliphatic rings. The molecule has 1 unspecified atom stereocenters. The summed E-state index contributed by atoms with van der Waals surface area (Å²) in [7, 11) is 3.31. The van der Waals surface area contributed by atoms with Crippen molar-refractivity contribution in [2.24, 2.45) is 0 Å². The standard InChI is InChI=1S/C16H21NO3/c1-11-5-6-16(20-11)12(2)17-10-13-7-14(18-3)9-15(8-13)19-4/h5-9,12,17H,10H2,1-4H3. The smallest absolute Gasteiger partial charge is 0.122 e. The van der Waals surface area contributed by atoms with Crippen LogP contribution in [0.2, 0.25) is 0 Å². The Morgan fingerprint density at radius 1 is 1.10 bits per heavy atom. The largest absolute Gasteiger partial charge is 0.497 e. The van der Waals surface area contributed by atoms with E-state index in [9.17, 15) is 0 Å². The van der Waals surface area contributed by atoms with Crippen molar-refractivity contribution in [2.45, 2.75) is 26.4 Å². The molecule has 0 amide bonds. The van der Waals surface area contributed by atoms with Gasteiger partial charge in [-0.2, -0.15) is 0 Å². The summed E-state index contributed by atoms with van der Waals surface area (Å²) >= 11 is 0. The molecule has 1 heterocycles. The van der Waals surface area contributed by atoms with E-state index in [4.69, 9.17) is 13.9 Å². The maximum Gasteiger partial charge on any atom is 0.122 e. The van der Waals surface area contributed by atoms with Crippen LogP contribution in [0.25, 0.3) is 0 Å². The summed E-state index contributed by atoms with van der Waals surface area (Å²) in [5.74, 6) is 3.46. The third-order valence-corrected chi connectivity index (χ3v) is 3.21. The molecule has 2 rings (SSSR count). The van der Waals surface area contributed by atoms with E-state index < -0.39 is 0 Å². The summed E-state index contributed by atoms with van der Waals surface area (Å²) in [4.78, 5) is 0. The fraction of sp³-hybridized carbons (Fsp3) is 0.375. The second kappa shape index (κ2) is 6.48. The summed E-state index contributed by atoms with van der Waals surface area (Å²) < 4.78 is 16.1. The molecule has 0 spiro atoms. The van der Waals surface area contributed by atoms with Crippen molar-refractivity contribution >= 4 is 0 Å². The van der Waals surface area contributed by atoms with Crippen LogP contribution in [-0.2, 0) is 6.54 Å². The summed E-state index contributed by atoms with van der Waals surface area (Å²) in [6.07, 6.45) is 0. The predicted octanol–water partition coefficient (Wildman–Crippen LogP) is 3.46. The van der Waals surface area contributed by atoms with Crippen LogP contribution >= 0.6 is 0 Å². The van der Waals surface area contributed by atoms with E-state index in [2.05, 4.69) is 12.2 Å². The molecule has 4 heteroatoms. The third kappa shape index (κ3) is 3.54. The average molecular weight is 275 g/mol. The van der Waals surface area contributed by atoms with Crippen LogP contribution < -0.4 is 14.8 Å². The Morgan fingerprint density at radius 2 is 1.75 bits per heavy atom. The van der Waals surface area contributed by atoms with Gasteiger partial charge >= 0.3 is 0 Å². The van der Waals surface area contributed by atoms with Gasteiger partial charge in [0.2, 0.25) is 0 Å². The van der Waals surface area contributed by atoms with Crippen LogP contribution in [0.15, 0.2) is 34.7 Å². The zero-order valence-electron chi connectivity index (χ0n) is 12.4. The molecular weight excluding hydrogens is 254 g/mol. The predicted molar refractivity (Wildman–Crippen MR) is 78.2 cm³/mol. The molecule has 0 aliphatic heterocycles. The van der Waals surface area contributed by atoms with Crippen molar-refractivity contribution in [3.8, 4) is 11.5 Å². The molecule has 0 saturated carbocycles. The number of methoxy groups -OCH3 is 2. The highest BCUT2D eigenvalue weighted by atomic mass is 16.5. The van der Waals surface area contributed by atoms with Gasteiger partial charge in [-0.25, -0.2) is 0 Å². The fourth-order valence-electron chi connectivity index (χ4n) is 2.03. The van der Waals surface area contributed by atoms with Crippen molar-refractivity contribution in [1.82, 2.24) is 5.32 Å². The van der Waals surface area contributed by atoms with Gasteiger partial charge in [-0.1, -0.05) is 0 Å². The minimum absolute atomic E-state index is 0.154. The molecule has 4 nitrogen and oxygen atoms in total. The van der Waals surface area contributed by atoms with Gasteiger partial charge in [-0.3, -0.25) is 0 Å². The quantitative estimate of drug-likeness (QED) is 0.877. The van der Waals surface area contributed by atoms with Gasteiger partial charge in [0.15, 0.2) is 0 Å². The van der Waals surface area contributed by atoms with Crippen LogP contribution in [0.3, 0.4) is 0 Å². The van der Waals surface area contributed by atoms with Crippen LogP contribution in [0.4, 0.5) is 0 Å². The Morgan fingerprint density at radius 3 is 2.25 bits per heavy atom. The number of aryl methyl sites for hydroxylation is 1. The number of rotatable bonds is 6. The number of ether oxygens (including phenoxy) is 2. The van der Waals surface area contributed by atoms with Crippen LogP contribution in [-0.4, -0.2) is 14.2 Å². The molecule has 0 bridgehead atoms. The highest BCUT2D eigenvalue weighted by Crippen LogP contribution is 2.23. The molecule has 1 aromatic carbocycles. The van der Waals surface area contributed by atoms with E-state index in [0.29, 0.717) is 6.54 Å². The molecule has 0 fully saturated rings. The minimum Gasteiger partial charge on any atom is -0.497 e. The molecule has 0 saturated heterocycles. The number of nitrogens with one attached hydrogen (secondary N) is 1. The van der Waals surface area contributed by atoms with Gasteiger partial charge in [0.1, 0.15) is 23.0 Å². The van der Waals surface area contributed by atoms with Crippen molar-refractivity contribution in [3.05, 3.63) is 47.4 Å². The van der Waals surface area contributed by atoms with Crippen molar-refractivity contribution in [3.63, 3.8) is 0 Å². The van der Waals surface area contributed by atoms with Gasteiger partial charge in [0, 0.05) is 12.6 Å². The summed E-state index contributed by atoms with van der Waals surface area (Å²) in [5.41, 5.74) is 1.11. The Bertz CT molecular complexity index is 540. The van der Waals surface area contributed by atoms with Crippen molar-refractivity contribution < 1.29 is 13.9 Å². The lowest BCUT2D eigenvalue weighted by Crippen LogP contribution is -2.17. The fourth-order valence-corrected chi connectivity index (χ4v) is 2.03. The van der Waals surface area contributed by atoms with E-state index in [1.54, 1.807) is 14.2 Å². The van der Waals surface area contributed by atoms with Crippen LogP contribution in [0.5, 0.6) is 11.5 Å². The molecule has 1 N–H and O–H groups in total. The summed E-state index contributed by atoms with van der Waals surface area (Å²) in [6.45, 7) is 4.74. The zero-order valence-corrected chi connectivity index (χ0v) is 12.4. The average Bonchev–Trinajstić information content (AvgIpc) is 2.91. The number of furan rings is 1. The van der Waals surface area contributed by atoms with E-state index in [-0.39, 0.29) is 6.04 Å². The lowest BCUT2D eigenvalue weighted by atomic mass is 10.1. The molecule has 0 aliphatic carbocycles. The Kier molecular flexibility index (Phi) is 4.69. The SMILES string of the molecule is COc1cc(CNC(C)c2ccc(C)o2)cc(OC)c1. The monoisotopic (exact) mass is 275 g/mol. The first-order valence-electron chi connectivity index (χ1n) is 6.64. The van der Waals surface area contributed by atoms with Crippen molar-refractivity contribution in [1.29, 1.82) is 0 Å². The van der Waals surface area contributed by atoms with Gasteiger partial charge < -0.3 is 19.2 Å². The molecule has 2 aromatic rings. The van der Waals surface area contributed by atoms with Crippen molar-refractivity contribution in [2.75, 3.05) is 14.2 Å². The Hall–Kier alpha value is -1.94. The third-order valence-electron chi connectivity index (χ3n) is 3.21. The Labute approximate surface area is 119 Å². The lowest BCUT2D eigenvalue weighted by Gasteiger charge is -2.13. The molecule has 108 valence electrons. The first-order chi connectivity index (χ1) is 9.62. The van der Waals surface area contributed by atoms with E-state index in [1.807, 2.05) is 37.3 Å². The maximum atomic E-state index is 5.61. The van der Waals surface area contributed by atoms with Crippen LogP contribution in [0.1, 0.15) is 30.0 Å². The Balaban J connectivity index is 2.03. The van der Waals surface area contributed by atoms with Gasteiger partial charge in [0.25, 0.3) is 0 Å². The van der Waals surface area contributed by atoms with E-state index in [1.165, 1.54) is 0 Å². The topological polar surface area (TPSA) is 43.6 Å². The number of hydrogen-bond acceptors (Lipinski definition) is 4. The molecule has 1 atom stereocenters. The summed E-state index contributed by atoms with van der Waals surface area (Å²) in [6, 6.07) is 9.98. The molecule has 20 heavy (non-hydrogen) atoms. The molecule has 1 aromatic heterocycles. The van der Waals surface area contributed by atoms with Gasteiger partial charge in [-0.15, -0.1) is 0 Å². The maximum absolute atomic E-state index is 5.61. The van der Waals surface area contributed by atoms with E-state index in [0.717, 1.165) is 28.6 Å². The summed E-state index contributed by atoms with van der Waals surface area (Å²) in [5, 5.41) is 3.43. The number of benzene rings is 1. The second-order valence-corrected chi connectivity index (χ2v) is 4.77. The van der Waals surface area contributed by atoms with Gasteiger partial charge in [0.05, 0.1) is 20.3 Å². The second-order valence-electron chi connectivity index (χ2n) is 4.77. The minimum atomic E-state index is 0.154. The van der Waals surface area contributed by atoms with Gasteiger partial charge in [-0.05, 0) is 43.7 Å². The lowest BCUT2D eigenvalue weighted by molar-refractivity contribution is 0.391.